The van der Waals surface area contributed by atoms with Crippen molar-refractivity contribution in [1.82, 2.24) is 5.43 Å². The summed E-state index contributed by atoms with van der Waals surface area (Å²) in [6.45, 7) is 7.16. The van der Waals surface area contributed by atoms with Crippen molar-refractivity contribution in [1.29, 1.82) is 0 Å². The van der Waals surface area contributed by atoms with Crippen LogP contribution in [0.25, 0.3) is 0 Å². The maximum atomic E-state index is 5.87. The fourth-order valence-corrected chi connectivity index (χ4v) is 4.17. The van der Waals surface area contributed by atoms with E-state index in [4.69, 9.17) is 5.84 Å². The molecule has 2 heteroatoms. The molecular weight excluding hydrogens is 256 g/mol. The summed E-state index contributed by atoms with van der Waals surface area (Å²) < 4.78 is 0. The molecule has 0 aromatic rings. The molecule has 1 fully saturated rings. The molecule has 0 aromatic heterocycles. The number of unbranched alkanes of at least 4 members (excludes halogenated alkanes) is 7. The second kappa shape index (κ2) is 10.6. The molecule has 2 unspecified atom stereocenters. The van der Waals surface area contributed by atoms with Gasteiger partial charge >= 0.3 is 0 Å². The summed E-state index contributed by atoms with van der Waals surface area (Å²) in [5.74, 6) is 6.64. The van der Waals surface area contributed by atoms with Crippen LogP contribution in [0.4, 0.5) is 0 Å². The highest BCUT2D eigenvalue weighted by Crippen LogP contribution is 2.43. The van der Waals surface area contributed by atoms with Gasteiger partial charge in [-0.15, -0.1) is 0 Å². The van der Waals surface area contributed by atoms with Crippen LogP contribution >= 0.6 is 0 Å². The van der Waals surface area contributed by atoms with E-state index in [0.717, 1.165) is 5.92 Å². The number of hydrazine groups is 1. The van der Waals surface area contributed by atoms with Gasteiger partial charge in [-0.2, -0.15) is 0 Å². The summed E-state index contributed by atoms with van der Waals surface area (Å²) in [5, 5.41) is 0. The molecule has 2 atom stereocenters. The highest BCUT2D eigenvalue weighted by atomic mass is 15.2. The lowest BCUT2D eigenvalue weighted by molar-refractivity contribution is 0.0935. The Labute approximate surface area is 133 Å². The summed E-state index contributed by atoms with van der Waals surface area (Å²) in [7, 11) is 0. The quantitative estimate of drug-likeness (QED) is 0.297. The summed E-state index contributed by atoms with van der Waals surface area (Å²) >= 11 is 0. The molecule has 2 nitrogen and oxygen atoms in total. The third-order valence-electron chi connectivity index (χ3n) is 5.66. The Morgan fingerprint density at radius 2 is 1.62 bits per heavy atom. The zero-order valence-corrected chi connectivity index (χ0v) is 14.9. The molecule has 0 bridgehead atoms. The molecule has 0 heterocycles. The van der Waals surface area contributed by atoms with E-state index in [1.807, 2.05) is 0 Å². The zero-order valence-electron chi connectivity index (χ0n) is 14.9. The van der Waals surface area contributed by atoms with E-state index >= 15 is 0 Å². The Hall–Kier alpha value is -0.0800. The van der Waals surface area contributed by atoms with Crippen molar-refractivity contribution in [2.24, 2.45) is 17.2 Å². The van der Waals surface area contributed by atoms with Crippen molar-refractivity contribution in [2.45, 2.75) is 110 Å². The van der Waals surface area contributed by atoms with E-state index in [9.17, 15) is 0 Å². The standard InChI is InChI=1S/C19H40N2/c1-4-5-6-7-8-9-10-11-15-18(21-20)17-14-12-13-16-19(17,2)3/h17-18,21H,4-16,20H2,1-3H3. The van der Waals surface area contributed by atoms with Gasteiger partial charge in [0.25, 0.3) is 0 Å². The molecule has 21 heavy (non-hydrogen) atoms. The normalized spacial score (nSPS) is 23.1. The third-order valence-corrected chi connectivity index (χ3v) is 5.66. The number of nitrogens with one attached hydrogen (secondary N) is 1. The molecule has 1 aliphatic carbocycles. The summed E-state index contributed by atoms with van der Waals surface area (Å²) in [6, 6.07) is 0.528. The summed E-state index contributed by atoms with van der Waals surface area (Å²) in [4.78, 5) is 0. The lowest BCUT2D eigenvalue weighted by Gasteiger charge is -2.43. The first kappa shape index (κ1) is 19.0. The highest BCUT2D eigenvalue weighted by molar-refractivity contribution is 4.89. The molecule has 0 spiro atoms. The predicted octanol–water partition coefficient (Wildman–Crippen LogP) is 5.57. The molecule has 1 saturated carbocycles. The van der Waals surface area contributed by atoms with Crippen molar-refractivity contribution >= 4 is 0 Å². The van der Waals surface area contributed by atoms with Gasteiger partial charge in [-0.05, 0) is 30.6 Å². The average Bonchev–Trinajstić information content (AvgIpc) is 2.46. The first-order valence-corrected chi connectivity index (χ1v) is 9.58. The molecule has 0 aliphatic heterocycles. The number of rotatable bonds is 11. The molecule has 126 valence electrons. The van der Waals surface area contributed by atoms with E-state index in [2.05, 4.69) is 26.2 Å². The van der Waals surface area contributed by atoms with Crippen molar-refractivity contribution in [2.75, 3.05) is 0 Å². The number of hydrogen-bond donors (Lipinski definition) is 2. The molecule has 1 rings (SSSR count). The maximum Gasteiger partial charge on any atom is 0.0243 e. The van der Waals surface area contributed by atoms with Crippen LogP contribution in [0, 0.1) is 11.3 Å². The molecule has 0 aromatic carbocycles. The smallest absolute Gasteiger partial charge is 0.0243 e. The third kappa shape index (κ3) is 7.15. The van der Waals surface area contributed by atoms with Crippen molar-refractivity contribution in [3.05, 3.63) is 0 Å². The Bertz CT molecular complexity index is 250. The minimum Gasteiger partial charge on any atom is -0.271 e. The van der Waals surface area contributed by atoms with Gasteiger partial charge in [-0.3, -0.25) is 11.3 Å². The van der Waals surface area contributed by atoms with Gasteiger partial charge in [0.2, 0.25) is 0 Å². The number of hydrogen-bond acceptors (Lipinski definition) is 2. The second-order valence-corrected chi connectivity index (χ2v) is 7.88. The van der Waals surface area contributed by atoms with Crippen molar-refractivity contribution in [3.63, 3.8) is 0 Å². The first-order chi connectivity index (χ1) is 10.1. The van der Waals surface area contributed by atoms with Crippen LogP contribution in [0.5, 0.6) is 0 Å². The Kier molecular flexibility index (Phi) is 9.59. The molecular formula is C19H40N2. The van der Waals surface area contributed by atoms with Crippen molar-refractivity contribution in [3.8, 4) is 0 Å². The fourth-order valence-electron chi connectivity index (χ4n) is 4.17. The van der Waals surface area contributed by atoms with Gasteiger partial charge in [0.05, 0.1) is 0 Å². The Morgan fingerprint density at radius 1 is 1.00 bits per heavy atom. The number of nitrogens with two attached hydrogens (primary N) is 1. The first-order valence-electron chi connectivity index (χ1n) is 9.58. The van der Waals surface area contributed by atoms with E-state index in [0.29, 0.717) is 11.5 Å². The van der Waals surface area contributed by atoms with Crippen LogP contribution in [0.2, 0.25) is 0 Å². The monoisotopic (exact) mass is 296 g/mol. The molecule has 0 radical (unpaired) electrons. The Morgan fingerprint density at radius 3 is 2.19 bits per heavy atom. The second-order valence-electron chi connectivity index (χ2n) is 7.88. The largest absolute Gasteiger partial charge is 0.271 e. The van der Waals surface area contributed by atoms with Crippen LogP contribution < -0.4 is 11.3 Å². The maximum absolute atomic E-state index is 5.87. The summed E-state index contributed by atoms with van der Waals surface area (Å²) in [6.07, 6.45) is 18.0. The van der Waals surface area contributed by atoms with Crippen LogP contribution in [0.15, 0.2) is 0 Å². The van der Waals surface area contributed by atoms with Gasteiger partial charge < -0.3 is 0 Å². The lowest BCUT2D eigenvalue weighted by atomic mass is 9.65. The van der Waals surface area contributed by atoms with Gasteiger partial charge in [0.1, 0.15) is 0 Å². The lowest BCUT2D eigenvalue weighted by Crippen LogP contribution is -2.47. The minimum absolute atomic E-state index is 0.468. The van der Waals surface area contributed by atoms with Gasteiger partial charge in [-0.25, -0.2) is 0 Å². The average molecular weight is 297 g/mol. The zero-order chi connectivity index (χ0) is 15.6. The predicted molar refractivity (Wildman–Crippen MR) is 94.1 cm³/mol. The van der Waals surface area contributed by atoms with E-state index in [-0.39, 0.29) is 0 Å². The molecule has 1 aliphatic rings. The Balaban J connectivity index is 2.16. The van der Waals surface area contributed by atoms with E-state index in [1.165, 1.54) is 83.5 Å². The fraction of sp³-hybridized carbons (Fsp3) is 1.00. The van der Waals surface area contributed by atoms with Gasteiger partial charge in [0, 0.05) is 6.04 Å². The van der Waals surface area contributed by atoms with Gasteiger partial charge in [0.15, 0.2) is 0 Å². The van der Waals surface area contributed by atoms with Crippen LogP contribution in [-0.2, 0) is 0 Å². The molecule has 0 amide bonds. The van der Waals surface area contributed by atoms with Crippen LogP contribution in [-0.4, -0.2) is 6.04 Å². The van der Waals surface area contributed by atoms with Gasteiger partial charge in [-0.1, -0.05) is 85.0 Å². The molecule has 0 saturated heterocycles. The van der Waals surface area contributed by atoms with Crippen LogP contribution in [0.1, 0.15) is 104 Å². The minimum atomic E-state index is 0.468. The van der Waals surface area contributed by atoms with E-state index in [1.54, 1.807) is 0 Å². The SMILES string of the molecule is CCCCCCCCCCC(NN)C1CCCCC1(C)C. The molecule has 3 N–H and O–H groups in total. The topological polar surface area (TPSA) is 38.0 Å². The van der Waals surface area contributed by atoms with Crippen molar-refractivity contribution < 1.29 is 0 Å². The summed E-state index contributed by atoms with van der Waals surface area (Å²) in [5.41, 5.74) is 3.61. The van der Waals surface area contributed by atoms with Crippen LogP contribution in [0.3, 0.4) is 0 Å². The highest BCUT2D eigenvalue weighted by Gasteiger charge is 2.36. The van der Waals surface area contributed by atoms with E-state index < -0.39 is 0 Å².